The minimum absolute atomic E-state index is 0.312. The van der Waals surface area contributed by atoms with Gasteiger partial charge in [-0.2, -0.15) is 0 Å². The van der Waals surface area contributed by atoms with Gasteiger partial charge >= 0.3 is 0 Å². The SMILES string of the molecule is Oc1ccc2ccccc2c1-c1c(-c2cccc3c2Cc2ccccc2-3)ccc2ccccc12. The smallest absolute Gasteiger partial charge is 0.124 e. The molecule has 0 aromatic heterocycles. The van der Waals surface area contributed by atoms with Gasteiger partial charge in [0.05, 0.1) is 0 Å². The van der Waals surface area contributed by atoms with E-state index in [1.54, 1.807) is 0 Å². The summed E-state index contributed by atoms with van der Waals surface area (Å²) in [6.07, 6.45) is 0.926. The molecule has 1 aliphatic rings. The number of rotatable bonds is 2. The van der Waals surface area contributed by atoms with Crippen molar-refractivity contribution < 1.29 is 5.11 Å². The molecule has 1 N–H and O–H groups in total. The summed E-state index contributed by atoms with van der Waals surface area (Å²) in [5.41, 5.74) is 9.77. The van der Waals surface area contributed by atoms with Crippen LogP contribution >= 0.6 is 0 Å². The Morgan fingerprint density at radius 2 is 1.03 bits per heavy atom. The zero-order valence-corrected chi connectivity index (χ0v) is 18.6. The summed E-state index contributed by atoms with van der Waals surface area (Å²) in [5, 5.41) is 15.7. The van der Waals surface area contributed by atoms with E-state index in [1.165, 1.54) is 33.2 Å². The Balaban J connectivity index is 1.60. The van der Waals surface area contributed by atoms with Gasteiger partial charge in [-0.15, -0.1) is 0 Å². The molecule has 0 aliphatic heterocycles. The summed E-state index contributed by atoms with van der Waals surface area (Å²) in [6.45, 7) is 0. The van der Waals surface area contributed by atoms with Crippen LogP contribution in [0.15, 0.2) is 115 Å². The third-order valence-corrected chi connectivity index (χ3v) is 7.23. The Morgan fingerprint density at radius 1 is 0.441 bits per heavy atom. The fraction of sp³-hybridized carbons (Fsp3) is 0.0303. The maximum absolute atomic E-state index is 11.2. The van der Waals surface area contributed by atoms with Crippen LogP contribution in [0.4, 0.5) is 0 Å². The van der Waals surface area contributed by atoms with Crippen molar-refractivity contribution in [3.63, 3.8) is 0 Å². The monoisotopic (exact) mass is 434 g/mol. The molecule has 6 aromatic carbocycles. The van der Waals surface area contributed by atoms with Gasteiger partial charge in [0.1, 0.15) is 5.75 Å². The second-order valence-electron chi connectivity index (χ2n) is 9.06. The normalized spacial score (nSPS) is 12.1. The Labute approximate surface area is 198 Å². The Bertz CT molecular complexity index is 1740. The number of phenolic OH excluding ortho intramolecular Hbond substituents is 1. The van der Waals surface area contributed by atoms with Gasteiger partial charge in [0, 0.05) is 11.1 Å². The molecule has 34 heavy (non-hydrogen) atoms. The number of hydrogen-bond donors (Lipinski definition) is 1. The van der Waals surface area contributed by atoms with Gasteiger partial charge in [0.15, 0.2) is 0 Å². The van der Waals surface area contributed by atoms with Crippen LogP contribution in [0.25, 0.3) is 54.9 Å². The number of benzene rings is 6. The predicted molar refractivity (Wildman–Crippen MR) is 142 cm³/mol. The molecule has 0 amide bonds. The lowest BCUT2D eigenvalue weighted by Crippen LogP contribution is -1.94. The van der Waals surface area contributed by atoms with Gasteiger partial charge in [0.2, 0.25) is 0 Å². The zero-order valence-electron chi connectivity index (χ0n) is 18.6. The Morgan fingerprint density at radius 3 is 1.82 bits per heavy atom. The molecular formula is C33H22O. The summed E-state index contributed by atoms with van der Waals surface area (Å²) >= 11 is 0. The molecule has 1 aliphatic carbocycles. The van der Waals surface area contributed by atoms with E-state index in [4.69, 9.17) is 0 Å². The molecule has 1 heteroatoms. The third kappa shape index (κ3) is 2.74. The van der Waals surface area contributed by atoms with Crippen molar-refractivity contribution in [2.45, 2.75) is 6.42 Å². The first kappa shape index (κ1) is 19.1. The van der Waals surface area contributed by atoms with Crippen molar-refractivity contribution in [1.29, 1.82) is 0 Å². The molecule has 0 saturated carbocycles. The molecular weight excluding hydrogens is 412 g/mol. The minimum Gasteiger partial charge on any atom is -0.507 e. The van der Waals surface area contributed by atoms with E-state index in [-0.39, 0.29) is 0 Å². The van der Waals surface area contributed by atoms with E-state index in [1.807, 2.05) is 18.2 Å². The van der Waals surface area contributed by atoms with Crippen molar-refractivity contribution in [3.05, 3.63) is 126 Å². The van der Waals surface area contributed by atoms with Crippen LogP contribution in [0.5, 0.6) is 5.75 Å². The first-order valence-corrected chi connectivity index (χ1v) is 11.7. The molecule has 0 unspecified atom stereocenters. The molecule has 1 nitrogen and oxygen atoms in total. The van der Waals surface area contributed by atoms with Gasteiger partial charge in [-0.05, 0) is 67.4 Å². The first-order chi connectivity index (χ1) is 16.8. The lowest BCUT2D eigenvalue weighted by molar-refractivity contribution is 0.478. The summed E-state index contributed by atoms with van der Waals surface area (Å²) in [4.78, 5) is 0. The van der Waals surface area contributed by atoms with Gasteiger partial charge in [-0.1, -0.05) is 109 Å². The van der Waals surface area contributed by atoms with Gasteiger partial charge < -0.3 is 5.11 Å². The minimum atomic E-state index is 0.312. The quantitative estimate of drug-likeness (QED) is 0.289. The highest BCUT2D eigenvalue weighted by atomic mass is 16.3. The maximum Gasteiger partial charge on any atom is 0.124 e. The second-order valence-corrected chi connectivity index (χ2v) is 9.06. The van der Waals surface area contributed by atoms with Crippen molar-refractivity contribution in [2.75, 3.05) is 0 Å². The summed E-state index contributed by atoms with van der Waals surface area (Å²) in [5.74, 6) is 0.312. The average molecular weight is 435 g/mol. The van der Waals surface area contributed by atoms with Crippen molar-refractivity contribution >= 4 is 21.5 Å². The van der Waals surface area contributed by atoms with Crippen LogP contribution in [0.1, 0.15) is 11.1 Å². The topological polar surface area (TPSA) is 20.2 Å². The van der Waals surface area contributed by atoms with E-state index in [9.17, 15) is 5.11 Å². The van der Waals surface area contributed by atoms with Crippen LogP contribution in [0, 0.1) is 0 Å². The summed E-state index contributed by atoms with van der Waals surface area (Å²) in [7, 11) is 0. The lowest BCUT2D eigenvalue weighted by Gasteiger charge is -2.19. The van der Waals surface area contributed by atoms with Crippen molar-refractivity contribution in [1.82, 2.24) is 0 Å². The summed E-state index contributed by atoms with van der Waals surface area (Å²) < 4.78 is 0. The van der Waals surface area contributed by atoms with Crippen LogP contribution in [0.2, 0.25) is 0 Å². The van der Waals surface area contributed by atoms with Gasteiger partial charge in [-0.3, -0.25) is 0 Å². The molecule has 0 radical (unpaired) electrons. The maximum atomic E-state index is 11.2. The molecule has 0 atom stereocenters. The lowest BCUT2D eigenvalue weighted by atomic mass is 9.85. The predicted octanol–water partition coefficient (Wildman–Crippen LogP) is 8.60. The Hall–Kier alpha value is -4.36. The number of hydrogen-bond acceptors (Lipinski definition) is 1. The van der Waals surface area contributed by atoms with E-state index >= 15 is 0 Å². The van der Waals surface area contributed by atoms with Gasteiger partial charge in [0.25, 0.3) is 0 Å². The molecule has 7 rings (SSSR count). The number of fused-ring (bicyclic) bond motifs is 5. The van der Waals surface area contributed by atoms with Crippen molar-refractivity contribution in [3.8, 4) is 39.1 Å². The van der Waals surface area contributed by atoms with E-state index in [0.717, 1.165) is 39.3 Å². The summed E-state index contributed by atoms with van der Waals surface area (Å²) in [6, 6.07) is 40.4. The average Bonchev–Trinajstić information content (AvgIpc) is 3.27. The number of aromatic hydroxyl groups is 1. The molecule has 0 saturated heterocycles. The van der Waals surface area contributed by atoms with Crippen LogP contribution in [-0.2, 0) is 6.42 Å². The Kier molecular flexibility index (Phi) is 4.13. The zero-order chi connectivity index (χ0) is 22.6. The van der Waals surface area contributed by atoms with Gasteiger partial charge in [-0.25, -0.2) is 0 Å². The second kappa shape index (κ2) is 7.33. The van der Waals surface area contributed by atoms with Crippen LogP contribution < -0.4 is 0 Å². The first-order valence-electron chi connectivity index (χ1n) is 11.7. The molecule has 0 heterocycles. The van der Waals surface area contributed by atoms with E-state index in [0.29, 0.717) is 5.75 Å². The molecule has 0 bridgehead atoms. The highest BCUT2D eigenvalue weighted by Gasteiger charge is 2.24. The highest BCUT2D eigenvalue weighted by Crippen LogP contribution is 2.48. The molecule has 0 spiro atoms. The van der Waals surface area contributed by atoms with Crippen molar-refractivity contribution in [2.24, 2.45) is 0 Å². The standard InChI is InChI=1S/C33H22O/c34-31-19-17-22-9-2-6-13-26(22)33(31)32-25-12-5-1-8-21(25)16-18-29(32)28-15-7-14-27-24-11-4-3-10-23(24)20-30(27)28/h1-19,34H,20H2. The van der Waals surface area contributed by atoms with E-state index < -0.39 is 0 Å². The largest absolute Gasteiger partial charge is 0.507 e. The molecule has 6 aromatic rings. The van der Waals surface area contributed by atoms with Crippen LogP contribution in [0.3, 0.4) is 0 Å². The highest BCUT2D eigenvalue weighted by molar-refractivity contribution is 6.12. The fourth-order valence-corrected chi connectivity index (χ4v) is 5.70. The number of phenols is 1. The van der Waals surface area contributed by atoms with E-state index in [2.05, 4.69) is 97.1 Å². The fourth-order valence-electron chi connectivity index (χ4n) is 5.70. The molecule has 0 fully saturated rings. The van der Waals surface area contributed by atoms with Crippen LogP contribution in [-0.4, -0.2) is 5.11 Å². The molecule has 160 valence electrons. The third-order valence-electron chi connectivity index (χ3n) is 7.23.